The van der Waals surface area contributed by atoms with Crippen LogP contribution in [0.15, 0.2) is 46.0 Å². The number of amides is 1. The van der Waals surface area contributed by atoms with E-state index in [1.807, 2.05) is 16.8 Å². The number of nitrogens with zero attached hydrogens (tertiary/aromatic N) is 1. The number of aromatic nitrogens is 3. The largest absolute Gasteiger partial charge is 0.329 e. The lowest BCUT2D eigenvalue weighted by Gasteiger charge is -2.00. The molecule has 3 aromatic rings. The van der Waals surface area contributed by atoms with E-state index >= 15 is 0 Å². The predicted molar refractivity (Wildman–Crippen MR) is 76.9 cm³/mol. The van der Waals surface area contributed by atoms with Gasteiger partial charge in [-0.15, -0.1) is 0 Å². The predicted octanol–water partition coefficient (Wildman–Crippen LogP) is 2.08. The summed E-state index contributed by atoms with van der Waals surface area (Å²) in [6.07, 6.45) is 1.43. The maximum Gasteiger partial charge on any atom is 0.257 e. The van der Waals surface area contributed by atoms with Crippen molar-refractivity contribution in [2.24, 2.45) is 0 Å². The second-order valence-corrected chi connectivity index (χ2v) is 4.85. The number of carbonyl (C=O) groups is 1. The fourth-order valence-electron chi connectivity index (χ4n) is 1.73. The highest BCUT2D eigenvalue weighted by molar-refractivity contribution is 7.08. The van der Waals surface area contributed by atoms with E-state index in [1.54, 1.807) is 17.4 Å². The summed E-state index contributed by atoms with van der Waals surface area (Å²) >= 11 is 1.58. The molecular formula is C13H10N4O2S. The third kappa shape index (κ3) is 2.52. The van der Waals surface area contributed by atoms with Gasteiger partial charge in [0.25, 0.3) is 5.91 Å². The summed E-state index contributed by atoms with van der Waals surface area (Å²) in [5.74, 6) is 0.0379. The standard InChI is InChI=1S/C13H10N4O2S/c18-12-5-8(1-3-14-12)13(19)15-11-6-10(16-17-11)9-2-4-20-7-9/h1-7H,(H,14,18)(H2,15,16,17,19). The molecule has 7 heteroatoms. The van der Waals surface area contributed by atoms with E-state index in [4.69, 9.17) is 0 Å². The molecular weight excluding hydrogens is 276 g/mol. The normalized spacial score (nSPS) is 10.4. The number of carbonyl (C=O) groups excluding carboxylic acids is 1. The topological polar surface area (TPSA) is 90.6 Å². The molecule has 0 bridgehead atoms. The number of H-pyrrole nitrogens is 2. The molecule has 0 unspecified atom stereocenters. The van der Waals surface area contributed by atoms with Gasteiger partial charge in [0.2, 0.25) is 5.56 Å². The second-order valence-electron chi connectivity index (χ2n) is 4.07. The molecule has 0 saturated carbocycles. The van der Waals surface area contributed by atoms with Crippen LogP contribution in [0.4, 0.5) is 5.82 Å². The summed E-state index contributed by atoms with van der Waals surface area (Å²) in [6, 6.07) is 6.47. The minimum absolute atomic E-state index is 0.286. The van der Waals surface area contributed by atoms with Gasteiger partial charge >= 0.3 is 0 Å². The minimum atomic E-state index is -0.375. The molecule has 0 aliphatic rings. The van der Waals surface area contributed by atoms with E-state index in [0.717, 1.165) is 11.3 Å². The van der Waals surface area contributed by atoms with Gasteiger partial charge in [-0.1, -0.05) is 0 Å². The van der Waals surface area contributed by atoms with Gasteiger partial charge in [0.15, 0.2) is 5.82 Å². The molecule has 0 radical (unpaired) electrons. The first kappa shape index (κ1) is 12.4. The molecule has 20 heavy (non-hydrogen) atoms. The lowest BCUT2D eigenvalue weighted by molar-refractivity contribution is 0.102. The summed E-state index contributed by atoms with van der Waals surface area (Å²) in [7, 11) is 0. The van der Waals surface area contributed by atoms with Crippen LogP contribution in [0.25, 0.3) is 11.3 Å². The lowest BCUT2D eigenvalue weighted by atomic mass is 10.2. The van der Waals surface area contributed by atoms with E-state index in [1.165, 1.54) is 18.3 Å². The Kier molecular flexibility index (Phi) is 3.18. The van der Waals surface area contributed by atoms with Crippen LogP contribution in [0.3, 0.4) is 0 Å². The molecule has 3 rings (SSSR count). The number of hydrogen-bond donors (Lipinski definition) is 3. The van der Waals surface area contributed by atoms with Crippen molar-refractivity contribution in [3.05, 3.63) is 57.1 Å². The van der Waals surface area contributed by atoms with Crippen molar-refractivity contribution >= 4 is 23.1 Å². The van der Waals surface area contributed by atoms with Crippen LogP contribution in [0.5, 0.6) is 0 Å². The van der Waals surface area contributed by atoms with E-state index in [-0.39, 0.29) is 17.0 Å². The molecule has 100 valence electrons. The number of anilines is 1. The van der Waals surface area contributed by atoms with Gasteiger partial charge in [0, 0.05) is 34.8 Å². The zero-order chi connectivity index (χ0) is 13.9. The van der Waals surface area contributed by atoms with Crippen LogP contribution in [-0.4, -0.2) is 21.1 Å². The van der Waals surface area contributed by atoms with Gasteiger partial charge in [-0.3, -0.25) is 14.7 Å². The number of aromatic amines is 2. The van der Waals surface area contributed by atoms with Crippen LogP contribution in [0.1, 0.15) is 10.4 Å². The van der Waals surface area contributed by atoms with Crippen LogP contribution < -0.4 is 10.9 Å². The molecule has 0 saturated heterocycles. The third-order valence-corrected chi connectivity index (χ3v) is 3.37. The molecule has 0 spiro atoms. The van der Waals surface area contributed by atoms with Crippen molar-refractivity contribution in [1.29, 1.82) is 0 Å². The van der Waals surface area contributed by atoms with E-state index in [0.29, 0.717) is 5.82 Å². The molecule has 0 aliphatic heterocycles. The van der Waals surface area contributed by atoms with Crippen LogP contribution in [-0.2, 0) is 0 Å². The summed E-state index contributed by atoms with van der Waals surface area (Å²) < 4.78 is 0. The number of thiophene rings is 1. The van der Waals surface area contributed by atoms with Gasteiger partial charge in [-0.25, -0.2) is 0 Å². The average Bonchev–Trinajstić information content (AvgIpc) is 3.08. The highest BCUT2D eigenvalue weighted by Crippen LogP contribution is 2.22. The number of pyridine rings is 1. The van der Waals surface area contributed by atoms with Crippen molar-refractivity contribution < 1.29 is 4.79 Å². The first-order valence-corrected chi connectivity index (χ1v) is 6.75. The summed E-state index contributed by atoms with van der Waals surface area (Å²) in [6.45, 7) is 0. The van der Waals surface area contributed by atoms with Crippen molar-refractivity contribution in [3.8, 4) is 11.3 Å². The number of hydrogen-bond acceptors (Lipinski definition) is 4. The van der Waals surface area contributed by atoms with E-state index in [2.05, 4.69) is 20.5 Å². The highest BCUT2D eigenvalue weighted by Gasteiger charge is 2.09. The molecule has 3 N–H and O–H groups in total. The Bertz CT molecular complexity index is 789. The molecule has 3 aromatic heterocycles. The van der Waals surface area contributed by atoms with E-state index in [9.17, 15) is 9.59 Å². The Balaban J connectivity index is 1.78. The molecule has 6 nitrogen and oxygen atoms in total. The second kappa shape index (κ2) is 5.14. The first-order chi connectivity index (χ1) is 9.72. The summed E-state index contributed by atoms with van der Waals surface area (Å²) in [4.78, 5) is 25.6. The number of nitrogens with one attached hydrogen (secondary N) is 3. The van der Waals surface area contributed by atoms with Crippen LogP contribution in [0.2, 0.25) is 0 Å². The quantitative estimate of drug-likeness (QED) is 0.688. The molecule has 0 aliphatic carbocycles. The zero-order valence-corrected chi connectivity index (χ0v) is 11.0. The van der Waals surface area contributed by atoms with Crippen molar-refractivity contribution in [1.82, 2.24) is 15.2 Å². The SMILES string of the molecule is O=C(Nc1cc(-c2ccsc2)[nH]n1)c1cc[nH]c(=O)c1. The zero-order valence-electron chi connectivity index (χ0n) is 10.2. The fourth-order valence-corrected chi connectivity index (χ4v) is 2.38. The van der Waals surface area contributed by atoms with Gasteiger partial charge in [0.05, 0.1) is 5.69 Å². The smallest absolute Gasteiger partial charge is 0.257 e. The minimum Gasteiger partial charge on any atom is -0.329 e. The molecule has 0 atom stereocenters. The van der Waals surface area contributed by atoms with Crippen LogP contribution >= 0.6 is 11.3 Å². The maximum atomic E-state index is 11.9. The summed E-state index contributed by atoms with van der Waals surface area (Å²) in [5, 5.41) is 13.5. The molecule has 1 amide bonds. The maximum absolute atomic E-state index is 11.9. The van der Waals surface area contributed by atoms with Gasteiger partial charge in [0.1, 0.15) is 0 Å². The number of rotatable bonds is 3. The first-order valence-electron chi connectivity index (χ1n) is 5.80. The Morgan fingerprint density at radius 3 is 2.95 bits per heavy atom. The van der Waals surface area contributed by atoms with Crippen molar-refractivity contribution in [2.75, 3.05) is 5.32 Å². The lowest BCUT2D eigenvalue weighted by Crippen LogP contribution is -2.15. The highest BCUT2D eigenvalue weighted by atomic mass is 32.1. The third-order valence-electron chi connectivity index (χ3n) is 2.69. The fraction of sp³-hybridized carbons (Fsp3) is 0. The Hall–Kier alpha value is -2.67. The molecule has 0 fully saturated rings. The monoisotopic (exact) mass is 286 g/mol. The summed E-state index contributed by atoms with van der Waals surface area (Å²) in [5.41, 5.74) is 1.80. The van der Waals surface area contributed by atoms with Gasteiger partial charge in [-0.2, -0.15) is 16.4 Å². The van der Waals surface area contributed by atoms with Crippen LogP contribution in [0, 0.1) is 0 Å². The van der Waals surface area contributed by atoms with Gasteiger partial charge < -0.3 is 10.3 Å². The van der Waals surface area contributed by atoms with Crippen molar-refractivity contribution in [2.45, 2.75) is 0 Å². The van der Waals surface area contributed by atoms with E-state index < -0.39 is 0 Å². The Morgan fingerprint density at radius 2 is 2.20 bits per heavy atom. The average molecular weight is 286 g/mol. The van der Waals surface area contributed by atoms with Crippen molar-refractivity contribution in [3.63, 3.8) is 0 Å². The molecule has 0 aromatic carbocycles. The molecule has 3 heterocycles. The Labute approximate surface area is 117 Å². The van der Waals surface area contributed by atoms with Gasteiger partial charge in [-0.05, 0) is 17.5 Å². The Morgan fingerprint density at radius 1 is 1.30 bits per heavy atom.